The van der Waals surface area contributed by atoms with Crippen molar-refractivity contribution in [3.63, 3.8) is 0 Å². The van der Waals surface area contributed by atoms with Crippen LogP contribution in [0.2, 0.25) is 18.6 Å². The molecule has 4 aromatic rings. The van der Waals surface area contributed by atoms with Gasteiger partial charge in [0.2, 0.25) is 6.41 Å². The molecule has 48 heavy (non-hydrogen) atoms. The number of benzene rings is 4. The number of rotatable bonds is 11. The summed E-state index contributed by atoms with van der Waals surface area (Å²) in [6.07, 6.45) is 0.618. The summed E-state index contributed by atoms with van der Waals surface area (Å²) in [5.41, 5.74) is 1.41. The van der Waals surface area contributed by atoms with Crippen molar-refractivity contribution in [2.24, 2.45) is 5.92 Å². The van der Waals surface area contributed by atoms with E-state index in [0.717, 1.165) is 22.9 Å². The number of nitro groups is 1. The molecule has 0 bridgehead atoms. The molecule has 4 atom stereocenters. The lowest BCUT2D eigenvalue weighted by Gasteiger charge is -2.37. The van der Waals surface area contributed by atoms with Crippen LogP contribution in [0, 0.1) is 16.0 Å². The molecule has 2 aliphatic rings. The van der Waals surface area contributed by atoms with Crippen LogP contribution in [0.25, 0.3) is 0 Å². The standard InChI is InChI=1S/C37H39N3O7Si/c1-25-35(48(3,4)31-16-14-30(46-2)15-17-31)34(19-20-41)47-37(25)32-22-29(40(44)45)13-18-33(32)38(36(37)43)23-26-9-8-12-28(21-26)39(24-42)27-10-6-5-7-11-27/h5-18,21-22,24-25,34-35,41H,19-20,23H2,1-4H3/t25-,34+,35-,37+/m0/s1. The van der Waals surface area contributed by atoms with Crippen molar-refractivity contribution >= 4 is 48.3 Å². The number of carbonyl (C=O) groups excluding carboxylic acids is 2. The van der Waals surface area contributed by atoms with E-state index in [-0.39, 0.29) is 36.2 Å². The molecule has 10 nitrogen and oxygen atoms in total. The number of methoxy groups -OCH3 is 1. The van der Waals surface area contributed by atoms with Gasteiger partial charge in [0.15, 0.2) is 5.60 Å². The molecule has 6 rings (SSSR count). The average molecular weight is 666 g/mol. The predicted molar refractivity (Wildman–Crippen MR) is 187 cm³/mol. The number of anilines is 3. The van der Waals surface area contributed by atoms with Crippen LogP contribution in [-0.2, 0) is 26.5 Å². The minimum absolute atomic E-state index is 0.107. The lowest BCUT2D eigenvalue weighted by molar-refractivity contribution is -0.385. The first-order chi connectivity index (χ1) is 23.1. The maximum Gasteiger partial charge on any atom is 0.269 e. The number of aliphatic hydroxyl groups excluding tert-OH is 1. The Balaban J connectivity index is 1.42. The Bertz CT molecular complexity index is 1830. The van der Waals surface area contributed by atoms with Gasteiger partial charge in [0.05, 0.1) is 38.4 Å². The molecular weight excluding hydrogens is 627 g/mol. The Hall–Kier alpha value is -4.84. The molecule has 1 spiro atoms. The van der Waals surface area contributed by atoms with E-state index in [9.17, 15) is 24.8 Å². The van der Waals surface area contributed by atoms with Gasteiger partial charge < -0.3 is 19.5 Å². The minimum atomic E-state index is -2.41. The zero-order valence-electron chi connectivity index (χ0n) is 27.4. The number of aliphatic hydroxyl groups is 1. The number of fused-ring (bicyclic) bond motifs is 2. The van der Waals surface area contributed by atoms with Crippen LogP contribution < -0.4 is 19.7 Å². The van der Waals surface area contributed by atoms with Gasteiger partial charge in [-0.2, -0.15) is 0 Å². The Kier molecular flexibility index (Phi) is 8.95. The largest absolute Gasteiger partial charge is 0.497 e. The van der Waals surface area contributed by atoms with Gasteiger partial charge >= 0.3 is 0 Å². The van der Waals surface area contributed by atoms with E-state index in [1.54, 1.807) is 18.1 Å². The quantitative estimate of drug-likeness (QED) is 0.0897. The molecule has 4 aromatic carbocycles. The Labute approximate surface area is 280 Å². The molecular formula is C37H39N3O7Si. The van der Waals surface area contributed by atoms with Crippen molar-refractivity contribution in [2.75, 3.05) is 23.5 Å². The highest BCUT2D eigenvalue weighted by Gasteiger charge is 2.66. The highest BCUT2D eigenvalue weighted by molar-refractivity contribution is 6.91. The number of amides is 2. The van der Waals surface area contributed by atoms with Gasteiger partial charge in [-0.25, -0.2) is 0 Å². The van der Waals surface area contributed by atoms with Crippen molar-refractivity contribution in [1.29, 1.82) is 0 Å². The monoisotopic (exact) mass is 665 g/mol. The molecule has 1 saturated heterocycles. The molecule has 1 fully saturated rings. The molecule has 0 aromatic heterocycles. The summed E-state index contributed by atoms with van der Waals surface area (Å²) in [7, 11) is -0.790. The number of carbonyl (C=O) groups is 2. The summed E-state index contributed by atoms with van der Waals surface area (Å²) >= 11 is 0. The SMILES string of the molecule is COc1ccc([Si](C)(C)[C@@H]2[C@@H](CCO)O[C@]3(C(=O)N(Cc4cccc(N(C=O)c5ccccc5)c4)c4ccc([N+](=O)[O-])cc43)[C@H]2C)cc1. The Morgan fingerprint density at radius 3 is 2.38 bits per heavy atom. The second kappa shape index (κ2) is 13.0. The van der Waals surface area contributed by atoms with Crippen molar-refractivity contribution in [2.45, 2.75) is 50.2 Å². The summed E-state index contributed by atoms with van der Waals surface area (Å²) in [6, 6.07) is 29.2. The third-order valence-electron chi connectivity index (χ3n) is 10.1. The molecule has 2 amide bonds. The summed E-state index contributed by atoms with van der Waals surface area (Å²) in [5.74, 6) is 0.0804. The van der Waals surface area contributed by atoms with Crippen molar-refractivity contribution in [3.8, 4) is 5.75 Å². The van der Waals surface area contributed by atoms with E-state index in [1.165, 1.54) is 17.0 Å². The zero-order chi connectivity index (χ0) is 34.2. The third-order valence-corrected chi connectivity index (χ3v) is 14.5. The lowest BCUT2D eigenvalue weighted by atomic mass is 9.82. The Morgan fingerprint density at radius 1 is 1.02 bits per heavy atom. The molecule has 2 heterocycles. The number of hydrogen-bond acceptors (Lipinski definition) is 7. The van der Waals surface area contributed by atoms with E-state index >= 15 is 0 Å². The predicted octanol–water partition coefficient (Wildman–Crippen LogP) is 6.04. The molecule has 2 aliphatic heterocycles. The Morgan fingerprint density at radius 2 is 1.73 bits per heavy atom. The van der Waals surface area contributed by atoms with Crippen LogP contribution in [0.1, 0.15) is 24.5 Å². The lowest BCUT2D eigenvalue weighted by Crippen LogP contribution is -2.51. The van der Waals surface area contributed by atoms with Crippen molar-refractivity contribution in [1.82, 2.24) is 0 Å². The van der Waals surface area contributed by atoms with E-state index in [1.807, 2.05) is 73.7 Å². The molecule has 248 valence electrons. The van der Waals surface area contributed by atoms with Crippen LogP contribution in [0.5, 0.6) is 5.75 Å². The number of nitro benzene ring substituents is 1. The molecule has 0 radical (unpaired) electrons. The van der Waals surface area contributed by atoms with Crippen LogP contribution in [0.4, 0.5) is 22.7 Å². The number of non-ortho nitro benzene ring substituents is 1. The number of hydrogen-bond donors (Lipinski definition) is 1. The van der Waals surface area contributed by atoms with Crippen molar-refractivity contribution < 1.29 is 29.1 Å². The smallest absolute Gasteiger partial charge is 0.269 e. The summed E-state index contributed by atoms with van der Waals surface area (Å²) in [5, 5.41) is 23.3. The number of nitrogens with zero attached hydrogens (tertiary/aromatic N) is 3. The van der Waals surface area contributed by atoms with Gasteiger partial charge in [0.25, 0.3) is 11.6 Å². The van der Waals surface area contributed by atoms with Crippen molar-refractivity contribution in [3.05, 3.63) is 118 Å². The fraction of sp³-hybridized carbons (Fsp3) is 0.297. The first-order valence-electron chi connectivity index (χ1n) is 16.0. The highest BCUT2D eigenvalue weighted by Crippen LogP contribution is 2.60. The van der Waals surface area contributed by atoms with Crippen LogP contribution in [0.3, 0.4) is 0 Å². The molecule has 0 saturated carbocycles. The first kappa shape index (κ1) is 33.1. The molecule has 0 aliphatic carbocycles. The van der Waals surface area contributed by atoms with E-state index in [4.69, 9.17) is 9.47 Å². The molecule has 0 unspecified atom stereocenters. The van der Waals surface area contributed by atoms with E-state index in [0.29, 0.717) is 29.0 Å². The fourth-order valence-corrected chi connectivity index (χ4v) is 11.9. The second-order valence-corrected chi connectivity index (χ2v) is 17.7. The second-order valence-electron chi connectivity index (χ2n) is 13.0. The average Bonchev–Trinajstić information content (AvgIpc) is 3.52. The number of para-hydroxylation sites is 1. The maximum absolute atomic E-state index is 14.9. The van der Waals surface area contributed by atoms with Gasteiger partial charge in [0.1, 0.15) is 5.75 Å². The van der Waals surface area contributed by atoms with Gasteiger partial charge in [-0.05, 0) is 60.0 Å². The molecule has 1 N–H and O–H groups in total. The topological polar surface area (TPSA) is 122 Å². The summed E-state index contributed by atoms with van der Waals surface area (Å²) in [4.78, 5) is 41.8. The number of ether oxygens (including phenoxy) is 2. The normalized spacial score (nSPS) is 21.7. The van der Waals surface area contributed by atoms with E-state index in [2.05, 4.69) is 25.2 Å². The van der Waals surface area contributed by atoms with Gasteiger partial charge in [-0.3, -0.25) is 24.6 Å². The van der Waals surface area contributed by atoms with Gasteiger partial charge in [-0.1, -0.05) is 67.7 Å². The van der Waals surface area contributed by atoms with Crippen LogP contribution in [-0.4, -0.2) is 50.2 Å². The molecule has 11 heteroatoms. The third kappa shape index (κ3) is 5.47. The summed E-state index contributed by atoms with van der Waals surface area (Å²) in [6.45, 7) is 6.52. The minimum Gasteiger partial charge on any atom is -0.497 e. The zero-order valence-corrected chi connectivity index (χ0v) is 28.4. The highest BCUT2D eigenvalue weighted by atomic mass is 28.3. The van der Waals surface area contributed by atoms with Gasteiger partial charge in [-0.15, -0.1) is 0 Å². The fourth-order valence-electron chi connectivity index (χ4n) is 7.82. The van der Waals surface area contributed by atoms with Crippen LogP contribution in [0.15, 0.2) is 97.1 Å². The van der Waals surface area contributed by atoms with Gasteiger partial charge in [0, 0.05) is 41.6 Å². The van der Waals surface area contributed by atoms with Crippen LogP contribution >= 0.6 is 0 Å². The maximum atomic E-state index is 14.9. The first-order valence-corrected chi connectivity index (χ1v) is 19.1. The van der Waals surface area contributed by atoms with E-state index < -0.39 is 24.7 Å². The summed E-state index contributed by atoms with van der Waals surface area (Å²) < 4.78 is 12.3.